The van der Waals surface area contributed by atoms with Crippen LogP contribution in [0.4, 0.5) is 0 Å². The van der Waals surface area contributed by atoms with Crippen LogP contribution < -0.4 is 0 Å². The van der Waals surface area contributed by atoms with Crippen molar-refractivity contribution in [3.63, 3.8) is 0 Å². The second kappa shape index (κ2) is 4.55. The van der Waals surface area contributed by atoms with Crippen LogP contribution >= 0.6 is 11.6 Å². The molecule has 3 rings (SSSR count). The standard InChI is InChI=1S/C12H6ClN5O/c13-8-3-1-7(2-4-8)12-15-10(6-19-12)11-9(5-14)16-18-17-11/h1-4,6H,(H,16,17,18). The Hall–Kier alpha value is -2.65. The van der Waals surface area contributed by atoms with Crippen LogP contribution in [-0.2, 0) is 0 Å². The SMILES string of the molecule is N#Cc1n[nH]nc1-c1coc(-c2ccc(Cl)cc2)n1. The maximum atomic E-state index is 8.88. The Kier molecular flexibility index (Phi) is 2.74. The number of H-pyrrole nitrogens is 1. The molecule has 0 saturated carbocycles. The van der Waals surface area contributed by atoms with E-state index in [2.05, 4.69) is 20.4 Å². The third-order valence-electron chi connectivity index (χ3n) is 2.49. The number of aromatic amines is 1. The molecule has 0 spiro atoms. The highest BCUT2D eigenvalue weighted by molar-refractivity contribution is 6.30. The van der Waals surface area contributed by atoms with Gasteiger partial charge in [0.25, 0.3) is 0 Å². The molecule has 0 aliphatic heterocycles. The van der Waals surface area contributed by atoms with Crippen LogP contribution in [0.3, 0.4) is 0 Å². The molecule has 6 nitrogen and oxygen atoms in total. The summed E-state index contributed by atoms with van der Waals surface area (Å²) in [7, 11) is 0. The largest absolute Gasteiger partial charge is 0.444 e. The maximum absolute atomic E-state index is 8.88. The number of aromatic nitrogens is 4. The molecule has 3 aromatic rings. The van der Waals surface area contributed by atoms with Gasteiger partial charge in [-0.2, -0.15) is 15.6 Å². The van der Waals surface area contributed by atoms with Crippen molar-refractivity contribution in [1.29, 1.82) is 5.26 Å². The van der Waals surface area contributed by atoms with E-state index in [4.69, 9.17) is 21.3 Å². The molecule has 0 fully saturated rings. The van der Waals surface area contributed by atoms with Crippen molar-refractivity contribution < 1.29 is 4.42 Å². The van der Waals surface area contributed by atoms with Crippen molar-refractivity contribution in [2.75, 3.05) is 0 Å². The highest BCUT2D eigenvalue weighted by Gasteiger charge is 2.15. The minimum absolute atomic E-state index is 0.177. The van der Waals surface area contributed by atoms with E-state index in [1.807, 2.05) is 6.07 Å². The Balaban J connectivity index is 2.00. The summed E-state index contributed by atoms with van der Waals surface area (Å²) in [6.07, 6.45) is 1.43. The molecule has 0 unspecified atom stereocenters. The van der Waals surface area contributed by atoms with Gasteiger partial charge < -0.3 is 4.42 Å². The van der Waals surface area contributed by atoms with Crippen molar-refractivity contribution in [3.05, 3.63) is 41.2 Å². The molecule has 92 valence electrons. The van der Waals surface area contributed by atoms with Crippen LogP contribution in [0.1, 0.15) is 5.69 Å². The first kappa shape index (κ1) is 11.4. The summed E-state index contributed by atoms with van der Waals surface area (Å²) in [6.45, 7) is 0. The van der Waals surface area contributed by atoms with Gasteiger partial charge in [0, 0.05) is 10.6 Å². The third-order valence-corrected chi connectivity index (χ3v) is 2.74. The third kappa shape index (κ3) is 2.07. The first-order valence-corrected chi connectivity index (χ1v) is 5.68. The first-order valence-electron chi connectivity index (χ1n) is 5.30. The van der Waals surface area contributed by atoms with Gasteiger partial charge in [-0.1, -0.05) is 11.6 Å². The Labute approximate surface area is 112 Å². The first-order chi connectivity index (χ1) is 9.28. The summed E-state index contributed by atoms with van der Waals surface area (Å²) >= 11 is 5.82. The summed E-state index contributed by atoms with van der Waals surface area (Å²) in [5, 5.41) is 19.5. The quantitative estimate of drug-likeness (QED) is 0.773. The number of nitrogens with one attached hydrogen (secondary N) is 1. The van der Waals surface area contributed by atoms with E-state index in [-0.39, 0.29) is 5.69 Å². The minimum Gasteiger partial charge on any atom is -0.444 e. The summed E-state index contributed by atoms with van der Waals surface area (Å²) in [5.74, 6) is 0.429. The maximum Gasteiger partial charge on any atom is 0.226 e. The van der Waals surface area contributed by atoms with Gasteiger partial charge in [-0.05, 0) is 24.3 Å². The molecule has 0 aliphatic carbocycles. The molecule has 2 aromatic heterocycles. The number of hydrogen-bond donors (Lipinski definition) is 1. The van der Waals surface area contributed by atoms with Gasteiger partial charge in [0.05, 0.1) is 0 Å². The van der Waals surface area contributed by atoms with E-state index >= 15 is 0 Å². The lowest BCUT2D eigenvalue weighted by Crippen LogP contribution is -1.83. The Morgan fingerprint density at radius 3 is 2.74 bits per heavy atom. The average molecular weight is 272 g/mol. The molecular weight excluding hydrogens is 266 g/mol. The van der Waals surface area contributed by atoms with Crippen molar-refractivity contribution >= 4 is 11.6 Å². The van der Waals surface area contributed by atoms with E-state index in [9.17, 15) is 0 Å². The van der Waals surface area contributed by atoms with E-state index in [0.29, 0.717) is 22.3 Å². The molecule has 0 bridgehead atoms. The highest BCUT2D eigenvalue weighted by Crippen LogP contribution is 2.25. The summed E-state index contributed by atoms with van der Waals surface area (Å²) in [5.41, 5.74) is 1.79. The number of rotatable bonds is 2. The lowest BCUT2D eigenvalue weighted by Gasteiger charge is -1.94. The van der Waals surface area contributed by atoms with E-state index in [0.717, 1.165) is 5.56 Å². The Bertz CT molecular complexity index is 753. The molecule has 19 heavy (non-hydrogen) atoms. The molecule has 0 saturated heterocycles. The number of halogens is 1. The number of benzene rings is 1. The second-order valence-corrected chi connectivity index (χ2v) is 4.11. The van der Waals surface area contributed by atoms with Crippen LogP contribution in [0, 0.1) is 11.3 Å². The smallest absolute Gasteiger partial charge is 0.226 e. The predicted molar refractivity (Wildman–Crippen MR) is 67.0 cm³/mol. The topological polar surface area (TPSA) is 91.4 Å². The molecule has 0 atom stereocenters. The fourth-order valence-corrected chi connectivity index (χ4v) is 1.72. The van der Waals surface area contributed by atoms with Gasteiger partial charge in [0.15, 0.2) is 11.4 Å². The summed E-state index contributed by atoms with van der Waals surface area (Å²) in [4.78, 5) is 4.28. The lowest BCUT2D eigenvalue weighted by molar-refractivity contribution is 0.575. The van der Waals surface area contributed by atoms with Crippen LogP contribution in [-0.4, -0.2) is 20.4 Å². The van der Waals surface area contributed by atoms with Gasteiger partial charge in [-0.15, -0.1) is 5.10 Å². The molecule has 0 aliphatic rings. The van der Waals surface area contributed by atoms with Crippen molar-refractivity contribution in [2.24, 2.45) is 0 Å². The number of hydrogen-bond acceptors (Lipinski definition) is 5. The van der Waals surface area contributed by atoms with Gasteiger partial charge >= 0.3 is 0 Å². The fourth-order valence-electron chi connectivity index (χ4n) is 1.59. The van der Waals surface area contributed by atoms with Gasteiger partial charge in [-0.3, -0.25) is 0 Å². The average Bonchev–Trinajstić information content (AvgIpc) is 3.07. The monoisotopic (exact) mass is 271 g/mol. The van der Waals surface area contributed by atoms with Crippen LogP contribution in [0.15, 0.2) is 34.9 Å². The Morgan fingerprint density at radius 2 is 2.00 bits per heavy atom. The highest BCUT2D eigenvalue weighted by atomic mass is 35.5. The molecular formula is C12H6ClN5O. The number of oxazole rings is 1. The van der Waals surface area contributed by atoms with E-state index < -0.39 is 0 Å². The van der Waals surface area contributed by atoms with Gasteiger partial charge in [0.1, 0.15) is 18.0 Å². The van der Waals surface area contributed by atoms with E-state index in [1.54, 1.807) is 24.3 Å². The number of nitriles is 1. The lowest BCUT2D eigenvalue weighted by atomic mass is 10.2. The van der Waals surface area contributed by atoms with E-state index in [1.165, 1.54) is 6.26 Å². The predicted octanol–water partition coefficient (Wildman–Crippen LogP) is 2.65. The molecule has 2 heterocycles. The molecule has 1 aromatic carbocycles. The van der Waals surface area contributed by atoms with Gasteiger partial charge in [0.2, 0.25) is 5.89 Å². The molecule has 0 amide bonds. The van der Waals surface area contributed by atoms with Gasteiger partial charge in [-0.25, -0.2) is 4.98 Å². The molecule has 7 heteroatoms. The van der Waals surface area contributed by atoms with Crippen LogP contribution in [0.25, 0.3) is 22.8 Å². The molecule has 0 radical (unpaired) electrons. The van der Waals surface area contributed by atoms with Crippen LogP contribution in [0.5, 0.6) is 0 Å². The Morgan fingerprint density at radius 1 is 1.21 bits per heavy atom. The normalized spacial score (nSPS) is 10.3. The zero-order valence-electron chi connectivity index (χ0n) is 9.46. The fraction of sp³-hybridized carbons (Fsp3) is 0. The van der Waals surface area contributed by atoms with Crippen molar-refractivity contribution in [2.45, 2.75) is 0 Å². The second-order valence-electron chi connectivity index (χ2n) is 3.68. The minimum atomic E-state index is 0.177. The van der Waals surface area contributed by atoms with Crippen molar-refractivity contribution in [1.82, 2.24) is 20.4 Å². The summed E-state index contributed by atoms with van der Waals surface area (Å²) < 4.78 is 5.37. The zero-order valence-corrected chi connectivity index (χ0v) is 10.2. The van der Waals surface area contributed by atoms with Crippen molar-refractivity contribution in [3.8, 4) is 28.9 Å². The van der Waals surface area contributed by atoms with Crippen LogP contribution in [0.2, 0.25) is 5.02 Å². The summed E-state index contributed by atoms with van der Waals surface area (Å²) in [6, 6.07) is 9.02. The number of nitrogens with zero attached hydrogens (tertiary/aromatic N) is 4. The zero-order chi connectivity index (χ0) is 13.2. The molecule has 1 N–H and O–H groups in total.